The minimum Gasteiger partial charge on any atom is -0.468 e. The lowest BCUT2D eigenvalue weighted by atomic mass is 9.94. The van der Waals surface area contributed by atoms with Crippen molar-refractivity contribution in [2.45, 2.75) is 39.5 Å². The number of hydrogen-bond donors (Lipinski definition) is 0. The molecule has 0 aliphatic rings. The number of unbranched alkanes of at least 4 members (excludes halogenated alkanes) is 1. The predicted molar refractivity (Wildman–Crippen MR) is 63.6 cm³/mol. The van der Waals surface area contributed by atoms with Crippen LogP contribution in [0.4, 0.5) is 0 Å². The second-order valence-corrected chi connectivity index (χ2v) is 3.55. The molecule has 2 heteroatoms. The second kappa shape index (κ2) is 8.27. The maximum absolute atomic E-state index is 11.5. The third-order valence-electron chi connectivity index (χ3n) is 2.32. The zero-order valence-electron chi connectivity index (χ0n) is 10.1. The van der Waals surface area contributed by atoms with E-state index in [1.165, 1.54) is 7.11 Å². The summed E-state index contributed by atoms with van der Waals surface area (Å²) in [5, 5.41) is 0. The first-order valence-corrected chi connectivity index (χ1v) is 5.60. The highest BCUT2D eigenvalue weighted by molar-refractivity contribution is 5.77. The molecule has 0 spiro atoms. The first kappa shape index (κ1) is 13.9. The van der Waals surface area contributed by atoms with Crippen LogP contribution in [0, 0.1) is 5.92 Å². The Kier molecular flexibility index (Phi) is 7.69. The van der Waals surface area contributed by atoms with E-state index in [-0.39, 0.29) is 11.9 Å². The second-order valence-electron chi connectivity index (χ2n) is 3.55. The molecular weight excluding hydrogens is 188 g/mol. The maximum atomic E-state index is 11.5. The summed E-state index contributed by atoms with van der Waals surface area (Å²) in [6.45, 7) is 7.93. The summed E-state index contributed by atoms with van der Waals surface area (Å²) in [4.78, 5) is 11.5. The molecule has 0 aromatic heterocycles. The summed E-state index contributed by atoms with van der Waals surface area (Å²) in [5.74, 6) is -0.470. The molecule has 2 nitrogen and oxygen atoms in total. The molecule has 1 atom stereocenters. The summed E-state index contributed by atoms with van der Waals surface area (Å²) in [6, 6.07) is 0. The van der Waals surface area contributed by atoms with Crippen molar-refractivity contribution in [2.75, 3.05) is 7.11 Å². The normalized spacial score (nSPS) is 13.4. The van der Waals surface area contributed by atoms with Gasteiger partial charge in [-0.2, -0.15) is 0 Å². The lowest BCUT2D eigenvalue weighted by molar-refractivity contribution is -0.142. The molecule has 0 amide bonds. The van der Waals surface area contributed by atoms with Crippen molar-refractivity contribution < 1.29 is 9.53 Å². The van der Waals surface area contributed by atoms with Crippen LogP contribution < -0.4 is 0 Å². The molecule has 1 unspecified atom stereocenters. The Morgan fingerprint density at radius 1 is 1.40 bits per heavy atom. The number of hydrogen-bond acceptors (Lipinski definition) is 2. The van der Waals surface area contributed by atoms with Crippen LogP contribution >= 0.6 is 0 Å². The molecule has 0 aromatic rings. The number of methoxy groups -OCH3 is 1. The maximum Gasteiger partial charge on any atom is 0.316 e. The largest absolute Gasteiger partial charge is 0.468 e. The molecule has 86 valence electrons. The number of rotatable bonds is 7. The topological polar surface area (TPSA) is 26.3 Å². The van der Waals surface area contributed by atoms with Gasteiger partial charge in [0.25, 0.3) is 0 Å². The minimum atomic E-state index is -0.263. The Morgan fingerprint density at radius 3 is 2.47 bits per heavy atom. The molecule has 15 heavy (non-hydrogen) atoms. The molecule has 0 rings (SSSR count). The van der Waals surface area contributed by atoms with Crippen molar-refractivity contribution in [1.82, 2.24) is 0 Å². The van der Waals surface area contributed by atoms with Crippen LogP contribution in [0.2, 0.25) is 0 Å². The van der Waals surface area contributed by atoms with Gasteiger partial charge in [0.05, 0.1) is 13.0 Å². The third kappa shape index (κ3) is 4.82. The van der Waals surface area contributed by atoms with Crippen LogP contribution in [0.3, 0.4) is 0 Å². The number of ether oxygens (including phenoxy) is 1. The molecule has 0 aromatic carbocycles. The smallest absolute Gasteiger partial charge is 0.316 e. The van der Waals surface area contributed by atoms with Gasteiger partial charge in [-0.25, -0.2) is 0 Å². The van der Waals surface area contributed by atoms with Gasteiger partial charge in [0.2, 0.25) is 0 Å². The van der Waals surface area contributed by atoms with Crippen LogP contribution in [0.25, 0.3) is 0 Å². The number of carbonyl (C=O) groups is 1. The van der Waals surface area contributed by atoms with Gasteiger partial charge in [-0.1, -0.05) is 44.4 Å². The summed E-state index contributed by atoms with van der Waals surface area (Å²) < 4.78 is 4.76. The van der Waals surface area contributed by atoms with Crippen molar-refractivity contribution in [3.8, 4) is 0 Å². The number of allylic oxidation sites excluding steroid dienone is 1. The highest BCUT2D eigenvalue weighted by Gasteiger charge is 2.18. The van der Waals surface area contributed by atoms with Crippen molar-refractivity contribution in [3.05, 3.63) is 24.3 Å². The van der Waals surface area contributed by atoms with Crippen molar-refractivity contribution >= 4 is 5.97 Å². The summed E-state index contributed by atoms with van der Waals surface area (Å²) in [5.41, 5.74) is 1.14. The Morgan fingerprint density at radius 2 is 2.07 bits per heavy atom. The lowest BCUT2D eigenvalue weighted by Gasteiger charge is -2.14. The van der Waals surface area contributed by atoms with E-state index < -0.39 is 0 Å². The van der Waals surface area contributed by atoms with Gasteiger partial charge in [0.1, 0.15) is 0 Å². The van der Waals surface area contributed by atoms with Crippen molar-refractivity contribution in [1.29, 1.82) is 0 Å². The Balaban J connectivity index is 4.68. The van der Waals surface area contributed by atoms with Gasteiger partial charge >= 0.3 is 5.97 Å². The van der Waals surface area contributed by atoms with E-state index in [1.54, 1.807) is 6.08 Å². The summed E-state index contributed by atoms with van der Waals surface area (Å²) in [6.07, 6.45) is 7.90. The molecule has 0 saturated carbocycles. The number of esters is 1. The molecule has 0 bridgehead atoms. The van der Waals surface area contributed by atoms with Gasteiger partial charge in [-0.15, -0.1) is 6.58 Å². The average Bonchev–Trinajstić information content (AvgIpc) is 2.26. The van der Waals surface area contributed by atoms with Gasteiger partial charge in [0.15, 0.2) is 0 Å². The average molecular weight is 210 g/mol. The highest BCUT2D eigenvalue weighted by Crippen LogP contribution is 2.20. The summed E-state index contributed by atoms with van der Waals surface area (Å²) in [7, 11) is 1.42. The van der Waals surface area contributed by atoms with E-state index in [1.807, 2.05) is 0 Å². The molecule has 0 radical (unpaired) electrons. The standard InChI is InChI=1S/C13H22O2/c1-5-8-10-11(9-6-2)12(7-3)13(14)15-4/h7,10,12H,3,5-6,8-9H2,1-2,4H3/b11-10+. The molecule has 0 aliphatic heterocycles. The molecule has 0 N–H and O–H groups in total. The van der Waals surface area contributed by atoms with Gasteiger partial charge in [-0.3, -0.25) is 4.79 Å². The zero-order chi connectivity index (χ0) is 11.7. The Labute approximate surface area is 93.0 Å². The monoisotopic (exact) mass is 210 g/mol. The van der Waals surface area contributed by atoms with Crippen molar-refractivity contribution in [2.24, 2.45) is 5.92 Å². The lowest BCUT2D eigenvalue weighted by Crippen LogP contribution is -2.16. The van der Waals surface area contributed by atoms with Gasteiger partial charge in [0, 0.05) is 0 Å². The minimum absolute atomic E-state index is 0.208. The van der Waals surface area contributed by atoms with E-state index >= 15 is 0 Å². The fraction of sp³-hybridized carbons (Fsp3) is 0.615. The van der Waals surface area contributed by atoms with Crippen LogP contribution in [-0.2, 0) is 9.53 Å². The first-order valence-electron chi connectivity index (χ1n) is 5.60. The van der Waals surface area contributed by atoms with E-state index in [0.717, 1.165) is 31.3 Å². The van der Waals surface area contributed by atoms with E-state index in [0.29, 0.717) is 0 Å². The van der Waals surface area contributed by atoms with Crippen LogP contribution in [0.5, 0.6) is 0 Å². The third-order valence-corrected chi connectivity index (χ3v) is 2.32. The molecule has 0 fully saturated rings. The quantitative estimate of drug-likeness (QED) is 0.475. The molecular formula is C13H22O2. The SMILES string of the molecule is C=CC(C(=O)OC)/C(=C/CCC)CCC. The number of carbonyl (C=O) groups excluding carboxylic acids is 1. The van der Waals surface area contributed by atoms with E-state index in [9.17, 15) is 4.79 Å². The van der Waals surface area contributed by atoms with E-state index in [4.69, 9.17) is 4.74 Å². The van der Waals surface area contributed by atoms with Gasteiger partial charge in [-0.05, 0) is 12.8 Å². The molecule has 0 aliphatic carbocycles. The first-order chi connectivity index (χ1) is 7.21. The predicted octanol–water partition coefficient (Wildman–Crippen LogP) is 3.49. The highest BCUT2D eigenvalue weighted by atomic mass is 16.5. The Bertz CT molecular complexity index is 229. The fourth-order valence-electron chi connectivity index (χ4n) is 1.53. The Hall–Kier alpha value is -1.05. The van der Waals surface area contributed by atoms with E-state index in [2.05, 4.69) is 26.5 Å². The fourth-order valence-corrected chi connectivity index (χ4v) is 1.53. The molecule has 0 saturated heterocycles. The van der Waals surface area contributed by atoms with Crippen molar-refractivity contribution in [3.63, 3.8) is 0 Å². The van der Waals surface area contributed by atoms with Crippen LogP contribution in [-0.4, -0.2) is 13.1 Å². The molecule has 0 heterocycles. The van der Waals surface area contributed by atoms with Gasteiger partial charge < -0.3 is 4.74 Å². The summed E-state index contributed by atoms with van der Waals surface area (Å²) >= 11 is 0. The van der Waals surface area contributed by atoms with Crippen LogP contribution in [0.15, 0.2) is 24.3 Å². The van der Waals surface area contributed by atoms with Crippen LogP contribution in [0.1, 0.15) is 39.5 Å². The zero-order valence-corrected chi connectivity index (χ0v) is 10.1.